The van der Waals surface area contributed by atoms with Crippen molar-refractivity contribution in [2.24, 2.45) is 4.99 Å². The van der Waals surface area contributed by atoms with Gasteiger partial charge in [-0.1, -0.05) is 18.2 Å². The number of rotatable bonds is 4. The second-order valence-corrected chi connectivity index (χ2v) is 7.20. The molecule has 0 amide bonds. The lowest BCUT2D eigenvalue weighted by Gasteiger charge is -2.37. The predicted molar refractivity (Wildman–Crippen MR) is 132 cm³/mol. The Morgan fingerprint density at radius 2 is 1.97 bits per heavy atom. The quantitative estimate of drug-likeness (QED) is 0.325. The van der Waals surface area contributed by atoms with E-state index in [1.165, 1.54) is 22.0 Å². The first-order valence-electron chi connectivity index (χ1n) is 9.93. The number of nitrogens with zero attached hydrogens (tertiary/aromatic N) is 4. The van der Waals surface area contributed by atoms with Gasteiger partial charge in [-0.25, -0.2) is 4.98 Å². The summed E-state index contributed by atoms with van der Waals surface area (Å²) in [6.07, 6.45) is 4.96. The normalized spacial score (nSPS) is 14.8. The molecule has 0 aliphatic carbocycles. The van der Waals surface area contributed by atoms with Crippen molar-refractivity contribution in [1.29, 1.82) is 0 Å². The number of aliphatic imine (C=N–C) groups is 1. The summed E-state index contributed by atoms with van der Waals surface area (Å²) in [4.78, 5) is 17.0. The molecule has 2 N–H and O–H groups in total. The zero-order valence-electron chi connectivity index (χ0n) is 17.1. The molecule has 0 spiro atoms. The van der Waals surface area contributed by atoms with Gasteiger partial charge in [0.2, 0.25) is 0 Å². The zero-order chi connectivity index (χ0) is 19.3. The van der Waals surface area contributed by atoms with Crippen LogP contribution in [0, 0.1) is 6.92 Å². The fourth-order valence-electron chi connectivity index (χ4n) is 3.98. The molecular weight excluding hydrogens is 475 g/mol. The van der Waals surface area contributed by atoms with Gasteiger partial charge in [0.25, 0.3) is 0 Å². The molecule has 1 aromatic carbocycles. The summed E-state index contributed by atoms with van der Waals surface area (Å²) in [5.74, 6) is 2.04. The van der Waals surface area contributed by atoms with Crippen LogP contribution in [0.5, 0.6) is 0 Å². The molecule has 3 heterocycles. The minimum Gasteiger partial charge on any atom is -0.361 e. The Balaban J connectivity index is 0.00000240. The molecular formula is C22H29IN6. The number of hydrogen-bond donors (Lipinski definition) is 2. The highest BCUT2D eigenvalue weighted by Gasteiger charge is 2.20. The molecule has 29 heavy (non-hydrogen) atoms. The number of aromatic nitrogens is 2. The van der Waals surface area contributed by atoms with E-state index in [0.717, 1.165) is 50.9 Å². The number of benzene rings is 1. The highest BCUT2D eigenvalue weighted by atomic mass is 127. The smallest absolute Gasteiger partial charge is 0.193 e. The van der Waals surface area contributed by atoms with Crippen LogP contribution in [0.3, 0.4) is 0 Å². The molecule has 0 atom stereocenters. The highest BCUT2D eigenvalue weighted by Crippen LogP contribution is 2.22. The number of anilines is 1. The lowest BCUT2D eigenvalue weighted by atomic mass is 10.1. The lowest BCUT2D eigenvalue weighted by Crippen LogP contribution is -2.53. The topological polar surface area (TPSA) is 59.6 Å². The Bertz CT molecular complexity index is 944. The minimum atomic E-state index is 0. The number of fused-ring (bicyclic) bond motifs is 1. The van der Waals surface area contributed by atoms with Gasteiger partial charge in [0.05, 0.1) is 0 Å². The molecule has 0 bridgehead atoms. The number of guanidine groups is 1. The van der Waals surface area contributed by atoms with Crippen LogP contribution in [0.1, 0.15) is 11.1 Å². The third kappa shape index (κ3) is 4.83. The number of aryl methyl sites for hydroxylation is 1. The summed E-state index contributed by atoms with van der Waals surface area (Å²) in [5.41, 5.74) is 3.89. The van der Waals surface area contributed by atoms with Crippen LogP contribution in [0.4, 0.5) is 5.82 Å². The van der Waals surface area contributed by atoms with E-state index in [1.807, 2.05) is 25.4 Å². The van der Waals surface area contributed by atoms with Crippen LogP contribution in [0.2, 0.25) is 0 Å². The van der Waals surface area contributed by atoms with E-state index in [2.05, 4.69) is 67.5 Å². The van der Waals surface area contributed by atoms with Gasteiger partial charge in [0.15, 0.2) is 5.96 Å². The summed E-state index contributed by atoms with van der Waals surface area (Å²) in [6.45, 7) is 6.85. The van der Waals surface area contributed by atoms with Crippen LogP contribution in [0.25, 0.3) is 10.9 Å². The Hall–Kier alpha value is -2.29. The molecule has 4 rings (SSSR count). The molecule has 2 aromatic heterocycles. The second-order valence-electron chi connectivity index (χ2n) is 7.20. The molecule has 7 heteroatoms. The highest BCUT2D eigenvalue weighted by molar-refractivity contribution is 14.0. The summed E-state index contributed by atoms with van der Waals surface area (Å²) in [6, 6.07) is 12.5. The molecule has 1 saturated heterocycles. The van der Waals surface area contributed by atoms with E-state index < -0.39 is 0 Å². The number of piperazine rings is 1. The summed E-state index contributed by atoms with van der Waals surface area (Å²) in [5, 5.41) is 4.89. The Morgan fingerprint density at radius 3 is 2.69 bits per heavy atom. The first-order chi connectivity index (χ1) is 13.8. The number of hydrogen-bond acceptors (Lipinski definition) is 3. The van der Waals surface area contributed by atoms with E-state index in [0.29, 0.717) is 0 Å². The van der Waals surface area contributed by atoms with Gasteiger partial charge in [-0.15, -0.1) is 24.0 Å². The Morgan fingerprint density at radius 1 is 1.14 bits per heavy atom. The van der Waals surface area contributed by atoms with Crippen LogP contribution >= 0.6 is 24.0 Å². The fourth-order valence-corrected chi connectivity index (χ4v) is 3.98. The molecule has 0 radical (unpaired) electrons. The molecule has 1 aliphatic heterocycles. The molecule has 1 fully saturated rings. The maximum absolute atomic E-state index is 4.50. The van der Waals surface area contributed by atoms with E-state index in [4.69, 9.17) is 0 Å². The summed E-state index contributed by atoms with van der Waals surface area (Å²) >= 11 is 0. The molecule has 1 aliphatic rings. The van der Waals surface area contributed by atoms with Crippen LogP contribution in [0.15, 0.2) is 53.8 Å². The van der Waals surface area contributed by atoms with Crippen LogP contribution < -0.4 is 10.2 Å². The SMILES string of the molecule is CN=C(NCCc1c[nH]c2cccc(C)c12)N1CCN(c2ccccn2)CC1.I. The zero-order valence-corrected chi connectivity index (χ0v) is 19.4. The van der Waals surface area contributed by atoms with Gasteiger partial charge in [-0.05, 0) is 42.7 Å². The minimum absolute atomic E-state index is 0. The van der Waals surface area contributed by atoms with Gasteiger partial charge >= 0.3 is 0 Å². The number of H-pyrrole nitrogens is 1. The van der Waals surface area contributed by atoms with Gasteiger partial charge in [-0.3, -0.25) is 4.99 Å². The fraction of sp³-hybridized carbons (Fsp3) is 0.364. The molecule has 0 saturated carbocycles. The number of nitrogens with one attached hydrogen (secondary N) is 2. The van der Waals surface area contributed by atoms with Crippen molar-refractivity contribution in [2.45, 2.75) is 13.3 Å². The second kappa shape index (κ2) is 9.96. The summed E-state index contributed by atoms with van der Waals surface area (Å²) < 4.78 is 0. The van der Waals surface area contributed by atoms with E-state index >= 15 is 0 Å². The Labute approximate surface area is 189 Å². The number of halogens is 1. The first-order valence-corrected chi connectivity index (χ1v) is 9.93. The van der Waals surface area contributed by atoms with Crippen molar-refractivity contribution < 1.29 is 0 Å². The third-order valence-corrected chi connectivity index (χ3v) is 5.44. The molecule has 6 nitrogen and oxygen atoms in total. The van der Waals surface area contributed by atoms with Crippen LogP contribution in [-0.2, 0) is 6.42 Å². The van der Waals surface area contributed by atoms with Crippen molar-refractivity contribution in [3.8, 4) is 0 Å². The van der Waals surface area contributed by atoms with E-state index in [-0.39, 0.29) is 24.0 Å². The van der Waals surface area contributed by atoms with Crippen LogP contribution in [-0.4, -0.2) is 60.6 Å². The maximum Gasteiger partial charge on any atom is 0.193 e. The van der Waals surface area contributed by atoms with Gasteiger partial charge in [0, 0.05) is 63.1 Å². The van der Waals surface area contributed by atoms with E-state index in [1.54, 1.807) is 0 Å². The van der Waals surface area contributed by atoms with Crippen molar-refractivity contribution in [2.75, 3.05) is 44.7 Å². The molecule has 3 aromatic rings. The number of aromatic amines is 1. The maximum atomic E-state index is 4.50. The lowest BCUT2D eigenvalue weighted by molar-refractivity contribution is 0.372. The van der Waals surface area contributed by atoms with Crippen molar-refractivity contribution >= 4 is 46.7 Å². The monoisotopic (exact) mass is 504 g/mol. The Kier molecular flexibility index (Phi) is 7.35. The van der Waals surface area contributed by atoms with Gasteiger partial charge in [-0.2, -0.15) is 0 Å². The summed E-state index contributed by atoms with van der Waals surface area (Å²) in [7, 11) is 1.86. The van der Waals surface area contributed by atoms with Gasteiger partial charge in [0.1, 0.15) is 5.82 Å². The average molecular weight is 504 g/mol. The first kappa shape index (κ1) is 21.4. The third-order valence-electron chi connectivity index (χ3n) is 5.44. The molecule has 154 valence electrons. The number of pyridine rings is 1. The van der Waals surface area contributed by atoms with Gasteiger partial charge < -0.3 is 20.1 Å². The largest absolute Gasteiger partial charge is 0.361 e. The van der Waals surface area contributed by atoms with Crippen molar-refractivity contribution in [1.82, 2.24) is 20.2 Å². The molecule has 0 unspecified atom stereocenters. The predicted octanol–water partition coefficient (Wildman–Crippen LogP) is 3.43. The van der Waals surface area contributed by atoms with E-state index in [9.17, 15) is 0 Å². The van der Waals surface area contributed by atoms with Crippen molar-refractivity contribution in [3.63, 3.8) is 0 Å². The average Bonchev–Trinajstić information content (AvgIpc) is 3.16. The standard InChI is InChI=1S/C22H28N6.HI/c1-17-6-5-7-19-21(17)18(16-26-19)9-11-25-22(23-2)28-14-12-27(13-15-28)20-8-3-4-10-24-20;/h3-8,10,16,26H,9,11-15H2,1-2H3,(H,23,25);1H. The van der Waals surface area contributed by atoms with Crippen molar-refractivity contribution in [3.05, 3.63) is 59.9 Å².